The van der Waals surface area contributed by atoms with E-state index in [1.165, 1.54) is 6.07 Å². The van der Waals surface area contributed by atoms with E-state index in [1.54, 1.807) is 24.2 Å². The Bertz CT molecular complexity index is 1550. The van der Waals surface area contributed by atoms with Crippen LogP contribution in [0.25, 0.3) is 22.2 Å². The van der Waals surface area contributed by atoms with Gasteiger partial charge in [-0.1, -0.05) is 24.8 Å². The van der Waals surface area contributed by atoms with Crippen LogP contribution in [0.1, 0.15) is 0 Å². The smallest absolute Gasteiger partial charge is 0.422 e. The third-order valence-corrected chi connectivity index (χ3v) is 6.10. The van der Waals surface area contributed by atoms with E-state index in [-0.39, 0.29) is 29.0 Å². The zero-order valence-electron chi connectivity index (χ0n) is 23.2. The number of pyridine rings is 1. The molecule has 13 heteroatoms. The predicted molar refractivity (Wildman–Crippen MR) is 154 cm³/mol. The lowest BCUT2D eigenvalue weighted by Crippen LogP contribution is -2.30. The SMILES string of the molecule is C=CC(=O)Nc1cc(Nc2nccc(-c3cn(C)c4ccccc34)n2)c(OCC(F)(F)F)nc1N(C)CCN(C)C. The van der Waals surface area contributed by atoms with Crippen molar-refractivity contribution in [1.29, 1.82) is 0 Å². The second kappa shape index (κ2) is 12.3. The first-order valence-electron chi connectivity index (χ1n) is 12.6. The van der Waals surface area contributed by atoms with Gasteiger partial charge in [-0.15, -0.1) is 0 Å². The van der Waals surface area contributed by atoms with E-state index in [4.69, 9.17) is 4.74 Å². The Morgan fingerprint density at radius 1 is 1.12 bits per heavy atom. The number of aryl methyl sites for hydroxylation is 1. The van der Waals surface area contributed by atoms with Gasteiger partial charge in [0.2, 0.25) is 17.7 Å². The molecule has 0 aliphatic rings. The van der Waals surface area contributed by atoms with Crippen LogP contribution < -0.4 is 20.3 Å². The number of ether oxygens (including phenoxy) is 1. The first kappa shape index (κ1) is 29.3. The summed E-state index contributed by atoms with van der Waals surface area (Å²) in [5, 5.41) is 6.59. The molecule has 1 amide bonds. The van der Waals surface area contributed by atoms with Crippen LogP contribution in [-0.4, -0.2) is 77.3 Å². The molecule has 10 nitrogen and oxygen atoms in total. The lowest BCUT2D eigenvalue weighted by atomic mass is 10.1. The number of anilines is 4. The molecule has 0 radical (unpaired) electrons. The first-order chi connectivity index (χ1) is 19.4. The van der Waals surface area contributed by atoms with E-state index in [0.29, 0.717) is 18.8 Å². The van der Waals surface area contributed by atoms with Crippen LogP contribution in [0.2, 0.25) is 0 Å². The van der Waals surface area contributed by atoms with Gasteiger partial charge in [-0.3, -0.25) is 4.79 Å². The van der Waals surface area contributed by atoms with Gasteiger partial charge in [0, 0.05) is 56.0 Å². The van der Waals surface area contributed by atoms with E-state index in [1.807, 2.05) is 61.1 Å². The molecular weight excluding hydrogens is 537 g/mol. The summed E-state index contributed by atoms with van der Waals surface area (Å²) < 4.78 is 46.6. The molecule has 4 rings (SSSR count). The Labute approximate surface area is 235 Å². The number of amides is 1. The molecule has 3 aromatic heterocycles. The zero-order chi connectivity index (χ0) is 29.7. The van der Waals surface area contributed by atoms with Gasteiger partial charge in [0.05, 0.1) is 11.4 Å². The molecule has 0 fully saturated rings. The van der Waals surface area contributed by atoms with E-state index in [0.717, 1.165) is 22.5 Å². The van der Waals surface area contributed by atoms with Crippen LogP contribution >= 0.6 is 0 Å². The summed E-state index contributed by atoms with van der Waals surface area (Å²) in [5.74, 6) is -0.526. The van der Waals surface area contributed by atoms with Crippen LogP contribution in [0.4, 0.5) is 36.3 Å². The van der Waals surface area contributed by atoms with Crippen molar-refractivity contribution in [3.8, 4) is 17.1 Å². The summed E-state index contributed by atoms with van der Waals surface area (Å²) in [5.41, 5.74) is 2.75. The highest BCUT2D eigenvalue weighted by atomic mass is 19.4. The summed E-state index contributed by atoms with van der Waals surface area (Å²) in [7, 11) is 7.42. The fourth-order valence-corrected chi connectivity index (χ4v) is 4.09. The van der Waals surface area contributed by atoms with E-state index in [9.17, 15) is 18.0 Å². The van der Waals surface area contributed by atoms with Gasteiger partial charge in [0.1, 0.15) is 5.69 Å². The van der Waals surface area contributed by atoms with Gasteiger partial charge < -0.3 is 29.7 Å². The molecular formula is C28H31F3N8O2. The molecule has 41 heavy (non-hydrogen) atoms. The number of halogens is 3. The van der Waals surface area contributed by atoms with Crippen LogP contribution in [-0.2, 0) is 11.8 Å². The number of hydrogen-bond acceptors (Lipinski definition) is 8. The van der Waals surface area contributed by atoms with Crippen molar-refractivity contribution in [2.24, 2.45) is 7.05 Å². The Kier molecular flexibility index (Phi) is 8.77. The number of nitrogens with one attached hydrogen (secondary N) is 2. The number of fused-ring (bicyclic) bond motifs is 1. The summed E-state index contributed by atoms with van der Waals surface area (Å²) >= 11 is 0. The molecule has 0 aliphatic heterocycles. The number of aromatic nitrogens is 4. The normalized spacial score (nSPS) is 11.5. The standard InChI is InChI=1S/C28H31F3N8O2/c1-6-24(40)33-21-15-22(26(41-17-28(29,30)31)36-25(21)38(4)14-13-37(2)3)35-27-32-12-11-20(34-27)19-16-39(5)23-10-8-7-9-18(19)23/h6-12,15-16H,1,13-14,17H2,2-5H3,(H,33,40)(H,32,34,35). The van der Waals surface area contributed by atoms with Crippen molar-refractivity contribution in [3.05, 3.63) is 61.4 Å². The summed E-state index contributed by atoms with van der Waals surface area (Å²) in [6.45, 7) is 3.01. The minimum atomic E-state index is -4.60. The number of hydrogen-bond donors (Lipinski definition) is 2. The van der Waals surface area contributed by atoms with Crippen molar-refractivity contribution in [2.45, 2.75) is 6.18 Å². The highest BCUT2D eigenvalue weighted by Crippen LogP contribution is 2.36. The molecule has 0 atom stereocenters. The number of carbonyl (C=O) groups excluding carboxylic acids is 1. The maximum atomic E-state index is 13.2. The monoisotopic (exact) mass is 568 g/mol. The predicted octanol–water partition coefficient (Wildman–Crippen LogP) is 4.84. The van der Waals surface area contributed by atoms with Gasteiger partial charge >= 0.3 is 6.18 Å². The number of likely N-dealkylation sites (N-methyl/N-ethyl adjacent to an activating group) is 2. The maximum absolute atomic E-state index is 13.2. The Balaban J connectivity index is 1.76. The van der Waals surface area contributed by atoms with E-state index in [2.05, 4.69) is 32.2 Å². The molecule has 0 saturated heterocycles. The summed E-state index contributed by atoms with van der Waals surface area (Å²) in [6, 6.07) is 11.0. The first-order valence-corrected chi connectivity index (χ1v) is 12.6. The van der Waals surface area contributed by atoms with Crippen molar-refractivity contribution >= 4 is 40.0 Å². The number of rotatable bonds is 11. The maximum Gasteiger partial charge on any atom is 0.422 e. The third kappa shape index (κ3) is 7.31. The molecule has 0 spiro atoms. The van der Waals surface area contributed by atoms with E-state index >= 15 is 0 Å². The molecule has 0 saturated carbocycles. The van der Waals surface area contributed by atoms with Crippen LogP contribution in [0.5, 0.6) is 5.88 Å². The Morgan fingerprint density at radius 3 is 2.59 bits per heavy atom. The quantitative estimate of drug-likeness (QED) is 0.248. The number of carbonyl (C=O) groups is 1. The largest absolute Gasteiger partial charge is 0.466 e. The van der Waals surface area contributed by atoms with Crippen molar-refractivity contribution in [2.75, 3.05) is 56.4 Å². The van der Waals surface area contributed by atoms with Crippen LogP contribution in [0, 0.1) is 0 Å². The lowest BCUT2D eigenvalue weighted by Gasteiger charge is -2.25. The molecule has 0 aliphatic carbocycles. The number of nitrogens with zero attached hydrogens (tertiary/aromatic N) is 6. The summed E-state index contributed by atoms with van der Waals surface area (Å²) in [6.07, 6.45) is -0.0324. The molecule has 216 valence electrons. The topological polar surface area (TPSA) is 100 Å². The molecule has 0 bridgehead atoms. The third-order valence-electron chi connectivity index (χ3n) is 6.10. The van der Waals surface area contributed by atoms with Crippen molar-refractivity contribution in [1.82, 2.24) is 24.4 Å². The Hall–Kier alpha value is -4.65. The zero-order valence-corrected chi connectivity index (χ0v) is 23.2. The molecule has 4 aromatic rings. The highest BCUT2D eigenvalue weighted by molar-refractivity contribution is 6.01. The highest BCUT2D eigenvalue weighted by Gasteiger charge is 2.30. The van der Waals surface area contributed by atoms with Gasteiger partial charge in [-0.2, -0.15) is 18.2 Å². The van der Waals surface area contributed by atoms with Crippen molar-refractivity contribution in [3.63, 3.8) is 0 Å². The lowest BCUT2D eigenvalue weighted by molar-refractivity contribution is -0.153. The molecule has 0 unspecified atom stereocenters. The average Bonchev–Trinajstić information content (AvgIpc) is 3.27. The molecule has 1 aromatic carbocycles. The van der Waals surface area contributed by atoms with Gasteiger partial charge in [0.25, 0.3) is 0 Å². The summed E-state index contributed by atoms with van der Waals surface area (Å²) in [4.78, 5) is 29.1. The number of alkyl halides is 3. The molecule has 3 heterocycles. The number of benzene rings is 1. The minimum Gasteiger partial charge on any atom is -0.466 e. The van der Waals surface area contributed by atoms with Crippen molar-refractivity contribution < 1.29 is 22.7 Å². The number of para-hydroxylation sites is 1. The van der Waals surface area contributed by atoms with Gasteiger partial charge in [-0.05, 0) is 38.4 Å². The van der Waals surface area contributed by atoms with Crippen LogP contribution in [0.3, 0.4) is 0 Å². The van der Waals surface area contributed by atoms with Crippen LogP contribution in [0.15, 0.2) is 61.4 Å². The fourth-order valence-electron chi connectivity index (χ4n) is 4.09. The average molecular weight is 569 g/mol. The Morgan fingerprint density at radius 2 is 1.88 bits per heavy atom. The fraction of sp³-hybridized carbons (Fsp3) is 0.286. The minimum absolute atomic E-state index is 0.0356. The second-order valence-electron chi connectivity index (χ2n) is 9.60. The second-order valence-corrected chi connectivity index (χ2v) is 9.60. The van der Waals surface area contributed by atoms with Gasteiger partial charge in [0.15, 0.2) is 12.4 Å². The van der Waals surface area contributed by atoms with E-state index < -0.39 is 18.7 Å². The molecule has 2 N–H and O–H groups in total. The van der Waals surface area contributed by atoms with Gasteiger partial charge in [-0.25, -0.2) is 9.97 Å².